The van der Waals surface area contributed by atoms with Gasteiger partial charge in [-0.25, -0.2) is 24.3 Å². The van der Waals surface area contributed by atoms with E-state index in [1.807, 2.05) is 6.92 Å². The van der Waals surface area contributed by atoms with Crippen molar-refractivity contribution in [2.75, 3.05) is 19.4 Å². The molecule has 0 saturated heterocycles. The van der Waals surface area contributed by atoms with Gasteiger partial charge in [0.1, 0.15) is 23.7 Å². The summed E-state index contributed by atoms with van der Waals surface area (Å²) in [7, 11) is 3.46. The maximum Gasteiger partial charge on any atom is 0.416 e. The lowest BCUT2D eigenvalue weighted by molar-refractivity contribution is -0.137. The number of hydrogen-bond donors (Lipinski definition) is 1. The van der Waals surface area contributed by atoms with E-state index >= 15 is 0 Å². The van der Waals surface area contributed by atoms with Crippen molar-refractivity contribution in [3.05, 3.63) is 89.4 Å². The standard InChI is InChI=1S/C27H24F4N6O2/c1-4-23-33-15-34-24(36-23)19-6-5-11-32-26(19)39-18-9-10-21(28)20(13-18)25(38)35-22-12-17(27(29,30)31)8-7-16(22)14-37(2)3/h5-13,15H,4,14H2,1-3H3,(H,35,38). The summed E-state index contributed by atoms with van der Waals surface area (Å²) < 4.78 is 60.6. The number of pyridine rings is 1. The highest BCUT2D eigenvalue weighted by Crippen LogP contribution is 2.34. The van der Waals surface area contributed by atoms with Gasteiger partial charge in [0.2, 0.25) is 5.88 Å². The predicted octanol–water partition coefficient (Wildman–Crippen LogP) is 5.76. The van der Waals surface area contributed by atoms with Crippen molar-refractivity contribution in [3.8, 4) is 23.0 Å². The fourth-order valence-electron chi connectivity index (χ4n) is 3.66. The van der Waals surface area contributed by atoms with Crippen LogP contribution in [0, 0.1) is 5.82 Å². The number of nitrogens with zero attached hydrogens (tertiary/aromatic N) is 5. The highest BCUT2D eigenvalue weighted by Gasteiger charge is 2.31. The van der Waals surface area contributed by atoms with Crippen molar-refractivity contribution < 1.29 is 27.1 Å². The van der Waals surface area contributed by atoms with E-state index in [-0.39, 0.29) is 23.9 Å². The number of benzene rings is 2. The monoisotopic (exact) mass is 540 g/mol. The average Bonchev–Trinajstić information content (AvgIpc) is 2.90. The lowest BCUT2D eigenvalue weighted by atomic mass is 10.1. The molecule has 39 heavy (non-hydrogen) atoms. The molecule has 0 bridgehead atoms. The van der Waals surface area contributed by atoms with Gasteiger partial charge >= 0.3 is 6.18 Å². The van der Waals surface area contributed by atoms with Crippen LogP contribution >= 0.6 is 0 Å². The molecule has 0 spiro atoms. The van der Waals surface area contributed by atoms with Crippen molar-refractivity contribution in [2.24, 2.45) is 0 Å². The number of carbonyl (C=O) groups excluding carboxylic acids is 1. The molecular formula is C27H24F4N6O2. The summed E-state index contributed by atoms with van der Waals surface area (Å²) in [5.74, 6) is -0.753. The molecule has 12 heteroatoms. The Bertz CT molecular complexity index is 1490. The molecule has 1 N–H and O–H groups in total. The molecule has 0 aliphatic rings. The molecule has 0 saturated carbocycles. The number of aromatic nitrogens is 4. The first-order chi connectivity index (χ1) is 18.5. The van der Waals surface area contributed by atoms with Gasteiger partial charge in [0.15, 0.2) is 5.82 Å². The first-order valence-electron chi connectivity index (χ1n) is 11.8. The molecule has 2 aromatic heterocycles. The Balaban J connectivity index is 1.64. The number of nitrogens with one attached hydrogen (secondary N) is 1. The van der Waals surface area contributed by atoms with Gasteiger partial charge < -0.3 is 15.0 Å². The SMILES string of the molecule is CCc1ncnc(-c2cccnc2Oc2ccc(F)c(C(=O)Nc3cc(C(F)(F)F)ccc3CN(C)C)c2)n1. The van der Waals surface area contributed by atoms with Crippen LogP contribution in [0.1, 0.15) is 34.2 Å². The van der Waals surface area contributed by atoms with E-state index in [4.69, 9.17) is 4.74 Å². The Morgan fingerprint density at radius 2 is 1.85 bits per heavy atom. The number of amides is 1. The largest absolute Gasteiger partial charge is 0.438 e. The van der Waals surface area contributed by atoms with Crippen molar-refractivity contribution in [2.45, 2.75) is 26.1 Å². The lowest BCUT2D eigenvalue weighted by Gasteiger charge is -2.17. The Morgan fingerprint density at radius 1 is 1.05 bits per heavy atom. The molecule has 4 aromatic rings. The summed E-state index contributed by atoms with van der Waals surface area (Å²) in [5, 5.41) is 2.42. The van der Waals surface area contributed by atoms with E-state index in [0.29, 0.717) is 29.2 Å². The normalized spacial score (nSPS) is 11.5. The molecule has 1 amide bonds. The van der Waals surface area contributed by atoms with Crippen molar-refractivity contribution >= 4 is 11.6 Å². The van der Waals surface area contributed by atoms with Crippen LogP contribution in [-0.2, 0) is 19.1 Å². The zero-order valence-electron chi connectivity index (χ0n) is 21.3. The molecule has 0 atom stereocenters. The second kappa shape index (κ2) is 11.5. The van der Waals surface area contributed by atoms with Crippen LogP contribution < -0.4 is 10.1 Å². The quantitative estimate of drug-likeness (QED) is 0.284. The summed E-state index contributed by atoms with van der Waals surface area (Å²) in [4.78, 5) is 31.6. The number of ether oxygens (including phenoxy) is 1. The molecule has 2 heterocycles. The Labute approximate surface area is 221 Å². The zero-order valence-corrected chi connectivity index (χ0v) is 21.3. The Morgan fingerprint density at radius 3 is 2.56 bits per heavy atom. The number of aryl methyl sites for hydroxylation is 1. The minimum absolute atomic E-state index is 0.0730. The molecule has 0 radical (unpaired) electrons. The van der Waals surface area contributed by atoms with E-state index in [1.165, 1.54) is 24.7 Å². The van der Waals surface area contributed by atoms with Gasteiger partial charge in [-0.1, -0.05) is 13.0 Å². The third kappa shape index (κ3) is 6.71. The van der Waals surface area contributed by atoms with Gasteiger partial charge in [0.25, 0.3) is 5.91 Å². The molecule has 4 rings (SSSR count). The number of rotatable bonds is 8. The van der Waals surface area contributed by atoms with E-state index in [1.54, 1.807) is 31.1 Å². The minimum Gasteiger partial charge on any atom is -0.438 e. The summed E-state index contributed by atoms with van der Waals surface area (Å²) in [5.41, 5.74) is -0.571. The van der Waals surface area contributed by atoms with Gasteiger partial charge in [-0.05, 0) is 62.1 Å². The van der Waals surface area contributed by atoms with Crippen LogP contribution in [0.5, 0.6) is 11.6 Å². The van der Waals surface area contributed by atoms with Crippen LogP contribution in [-0.4, -0.2) is 44.8 Å². The Kier molecular flexibility index (Phi) is 8.15. The number of anilines is 1. The molecule has 0 aliphatic carbocycles. The van der Waals surface area contributed by atoms with E-state index in [9.17, 15) is 22.4 Å². The van der Waals surface area contributed by atoms with E-state index < -0.39 is 29.0 Å². The number of alkyl halides is 3. The lowest BCUT2D eigenvalue weighted by Crippen LogP contribution is -2.19. The topological polar surface area (TPSA) is 93.1 Å². The number of halogens is 4. The van der Waals surface area contributed by atoms with Gasteiger partial charge in [-0.2, -0.15) is 13.2 Å². The second-order valence-electron chi connectivity index (χ2n) is 8.74. The summed E-state index contributed by atoms with van der Waals surface area (Å²) in [6, 6.07) is 9.87. The van der Waals surface area contributed by atoms with E-state index in [0.717, 1.165) is 24.3 Å². The minimum atomic E-state index is -4.62. The fraction of sp³-hybridized carbons (Fsp3) is 0.222. The zero-order chi connectivity index (χ0) is 28.2. The number of hydrogen-bond acceptors (Lipinski definition) is 7. The molecule has 0 aliphatic heterocycles. The molecule has 8 nitrogen and oxygen atoms in total. The van der Waals surface area contributed by atoms with Crippen LogP contribution in [0.2, 0.25) is 0 Å². The van der Waals surface area contributed by atoms with E-state index in [2.05, 4.69) is 25.3 Å². The molecule has 2 aromatic carbocycles. The third-order valence-corrected chi connectivity index (χ3v) is 5.52. The van der Waals surface area contributed by atoms with Gasteiger partial charge in [-0.15, -0.1) is 0 Å². The first kappa shape index (κ1) is 27.6. The molecule has 0 unspecified atom stereocenters. The summed E-state index contributed by atoms with van der Waals surface area (Å²) in [6.07, 6.45) is -1.18. The Hall–Kier alpha value is -4.45. The van der Waals surface area contributed by atoms with Gasteiger partial charge in [-0.3, -0.25) is 4.79 Å². The van der Waals surface area contributed by atoms with Crippen molar-refractivity contribution in [1.82, 2.24) is 24.8 Å². The predicted molar refractivity (Wildman–Crippen MR) is 136 cm³/mol. The van der Waals surface area contributed by atoms with Crippen LogP contribution in [0.25, 0.3) is 11.4 Å². The second-order valence-corrected chi connectivity index (χ2v) is 8.74. The molecule has 0 fully saturated rings. The smallest absolute Gasteiger partial charge is 0.416 e. The maximum atomic E-state index is 14.7. The van der Waals surface area contributed by atoms with Crippen molar-refractivity contribution in [1.29, 1.82) is 0 Å². The third-order valence-electron chi connectivity index (χ3n) is 5.52. The molecular weight excluding hydrogens is 516 g/mol. The van der Waals surface area contributed by atoms with Crippen LogP contribution in [0.4, 0.5) is 23.2 Å². The highest BCUT2D eigenvalue weighted by molar-refractivity contribution is 6.05. The highest BCUT2D eigenvalue weighted by atomic mass is 19.4. The van der Waals surface area contributed by atoms with Crippen LogP contribution in [0.3, 0.4) is 0 Å². The number of carbonyl (C=O) groups is 1. The van der Waals surface area contributed by atoms with Gasteiger partial charge in [0, 0.05) is 24.8 Å². The van der Waals surface area contributed by atoms with Gasteiger partial charge in [0.05, 0.1) is 16.7 Å². The average molecular weight is 541 g/mol. The fourth-order valence-corrected chi connectivity index (χ4v) is 3.66. The van der Waals surface area contributed by atoms with Crippen molar-refractivity contribution in [3.63, 3.8) is 0 Å². The first-order valence-corrected chi connectivity index (χ1v) is 11.8. The summed E-state index contributed by atoms with van der Waals surface area (Å²) >= 11 is 0. The van der Waals surface area contributed by atoms with Crippen LogP contribution in [0.15, 0.2) is 61.1 Å². The molecule has 202 valence electrons. The maximum absolute atomic E-state index is 14.7. The summed E-state index contributed by atoms with van der Waals surface area (Å²) in [6.45, 7) is 2.15.